The molecule has 4 rings (SSSR count). The molecule has 2 saturated heterocycles. The van der Waals surface area contributed by atoms with Gasteiger partial charge in [-0.05, 0) is 68.0 Å². The maximum atomic E-state index is 10.5. The molecule has 3 aliphatic rings. The first-order chi connectivity index (χ1) is 13.8. The average Bonchev–Trinajstić information content (AvgIpc) is 3.06. The molecular weight excluding hydrogens is 394 g/mol. The normalized spacial score (nSPS) is 31.6. The zero-order valence-corrected chi connectivity index (χ0v) is 20.2. The molecule has 0 bridgehead atoms. The largest absolute Gasteiger partial charge is 0.377 e. The Bertz CT molecular complexity index is 675. The van der Waals surface area contributed by atoms with Crippen LogP contribution in [-0.2, 0) is 0 Å². The summed E-state index contributed by atoms with van der Waals surface area (Å²) in [6.07, 6.45) is 6.18. The first-order valence-corrected chi connectivity index (χ1v) is 11.8. The lowest BCUT2D eigenvalue weighted by Gasteiger charge is -2.42. The number of hydrogen-bond acceptors (Lipinski definition) is 4. The number of rotatable bonds is 3. The number of benzene rings is 1. The smallest absolute Gasteiger partial charge is 0.122 e. The van der Waals surface area contributed by atoms with E-state index in [4.69, 9.17) is 0 Å². The van der Waals surface area contributed by atoms with Gasteiger partial charge in [-0.1, -0.05) is 39.0 Å². The van der Waals surface area contributed by atoms with Crippen LogP contribution in [0.25, 0.3) is 0 Å². The molecule has 4 nitrogen and oxygen atoms in total. The molecule has 2 heterocycles. The Morgan fingerprint density at radius 2 is 1.50 bits per heavy atom. The first kappa shape index (κ1) is 23.8. The van der Waals surface area contributed by atoms with Gasteiger partial charge in [0.2, 0.25) is 0 Å². The molecule has 0 spiro atoms. The molecule has 1 aliphatic carbocycles. The highest BCUT2D eigenvalue weighted by Gasteiger charge is 2.36. The summed E-state index contributed by atoms with van der Waals surface area (Å²) in [6, 6.07) is 9.49. The summed E-state index contributed by atoms with van der Waals surface area (Å²) >= 11 is 0. The molecule has 1 aromatic rings. The van der Waals surface area contributed by atoms with Gasteiger partial charge < -0.3 is 10.0 Å². The Kier molecular flexibility index (Phi) is 7.76. The van der Waals surface area contributed by atoms with E-state index < -0.39 is 0 Å². The third-order valence-electron chi connectivity index (χ3n) is 8.03. The Labute approximate surface area is 190 Å². The van der Waals surface area contributed by atoms with E-state index in [2.05, 4.69) is 59.7 Å². The lowest BCUT2D eigenvalue weighted by Crippen LogP contribution is -2.53. The summed E-state index contributed by atoms with van der Waals surface area (Å²) in [6.45, 7) is 12.5. The van der Waals surface area contributed by atoms with Crippen molar-refractivity contribution in [3.63, 3.8) is 0 Å². The minimum absolute atomic E-state index is 0. The molecule has 0 amide bonds. The Balaban J connectivity index is 0.00000256. The highest BCUT2D eigenvalue weighted by molar-refractivity contribution is 5.85. The van der Waals surface area contributed by atoms with Gasteiger partial charge in [0.1, 0.15) is 6.23 Å². The zero-order valence-electron chi connectivity index (χ0n) is 19.4. The zero-order chi connectivity index (χ0) is 20.6. The topological polar surface area (TPSA) is 30.0 Å². The summed E-state index contributed by atoms with van der Waals surface area (Å²) < 4.78 is 0. The molecule has 1 aromatic carbocycles. The van der Waals surface area contributed by atoms with Gasteiger partial charge >= 0.3 is 0 Å². The SMILES string of the molecule is CN1CCC(N2CCN(c3ccccc3C3CCC(C(C)(C)C)CC3)CC2)C1O.Cl. The van der Waals surface area contributed by atoms with Crippen molar-refractivity contribution in [2.24, 2.45) is 11.3 Å². The Hall–Kier alpha value is -0.810. The van der Waals surface area contributed by atoms with Crippen LogP contribution in [0.3, 0.4) is 0 Å². The van der Waals surface area contributed by atoms with E-state index in [0.29, 0.717) is 17.4 Å². The number of para-hydroxylation sites is 1. The van der Waals surface area contributed by atoms with Crippen LogP contribution in [0.1, 0.15) is 64.4 Å². The fraction of sp³-hybridized carbons (Fsp3) is 0.760. The third-order valence-corrected chi connectivity index (χ3v) is 8.03. The molecular formula is C25H42ClN3O. The molecule has 0 aromatic heterocycles. The summed E-state index contributed by atoms with van der Waals surface area (Å²) in [7, 11) is 2.03. The number of aliphatic hydroxyl groups excluding tert-OH is 1. The van der Waals surface area contributed by atoms with Gasteiger partial charge in [-0.15, -0.1) is 12.4 Å². The van der Waals surface area contributed by atoms with E-state index in [1.807, 2.05) is 7.05 Å². The van der Waals surface area contributed by atoms with E-state index in [9.17, 15) is 5.11 Å². The number of likely N-dealkylation sites (tertiary alicyclic amines) is 1. The molecule has 5 heteroatoms. The van der Waals surface area contributed by atoms with Crippen LogP contribution in [0.4, 0.5) is 5.69 Å². The molecule has 170 valence electrons. The van der Waals surface area contributed by atoms with Gasteiger partial charge in [0.05, 0.1) is 6.04 Å². The van der Waals surface area contributed by atoms with Crippen molar-refractivity contribution in [1.29, 1.82) is 0 Å². The van der Waals surface area contributed by atoms with E-state index in [0.717, 1.165) is 45.1 Å². The van der Waals surface area contributed by atoms with Crippen molar-refractivity contribution in [3.8, 4) is 0 Å². The van der Waals surface area contributed by atoms with Gasteiger partial charge in [0.25, 0.3) is 0 Å². The molecule has 30 heavy (non-hydrogen) atoms. The van der Waals surface area contributed by atoms with E-state index in [1.54, 1.807) is 5.56 Å². The van der Waals surface area contributed by atoms with Crippen LogP contribution < -0.4 is 4.90 Å². The molecule has 2 atom stereocenters. The third kappa shape index (κ3) is 4.98. The van der Waals surface area contributed by atoms with Crippen molar-refractivity contribution >= 4 is 18.1 Å². The number of likely N-dealkylation sites (N-methyl/N-ethyl adjacent to an activating group) is 1. The maximum absolute atomic E-state index is 10.5. The number of anilines is 1. The minimum atomic E-state index is -0.299. The quantitative estimate of drug-likeness (QED) is 0.752. The molecule has 1 saturated carbocycles. The van der Waals surface area contributed by atoms with Crippen molar-refractivity contribution < 1.29 is 5.11 Å². The van der Waals surface area contributed by atoms with Crippen LogP contribution in [0.15, 0.2) is 24.3 Å². The van der Waals surface area contributed by atoms with Gasteiger partial charge in [-0.3, -0.25) is 9.80 Å². The van der Waals surface area contributed by atoms with Gasteiger partial charge in [0, 0.05) is 38.4 Å². The Morgan fingerprint density at radius 3 is 2.07 bits per heavy atom. The number of piperazine rings is 1. The van der Waals surface area contributed by atoms with Crippen molar-refractivity contribution in [1.82, 2.24) is 9.80 Å². The second-order valence-corrected chi connectivity index (χ2v) is 10.7. The molecule has 3 fully saturated rings. The molecule has 2 unspecified atom stereocenters. The first-order valence-electron chi connectivity index (χ1n) is 11.8. The summed E-state index contributed by atoms with van der Waals surface area (Å²) in [4.78, 5) is 7.20. The van der Waals surface area contributed by atoms with Crippen molar-refractivity contribution in [2.45, 2.75) is 71.1 Å². The van der Waals surface area contributed by atoms with Gasteiger partial charge in [0.15, 0.2) is 0 Å². The highest BCUT2D eigenvalue weighted by Crippen LogP contribution is 2.45. The lowest BCUT2D eigenvalue weighted by molar-refractivity contribution is -0.00532. The predicted octanol–water partition coefficient (Wildman–Crippen LogP) is 4.57. The number of aliphatic hydroxyl groups is 1. The van der Waals surface area contributed by atoms with Gasteiger partial charge in [-0.25, -0.2) is 0 Å². The molecule has 1 N–H and O–H groups in total. The van der Waals surface area contributed by atoms with E-state index in [-0.39, 0.29) is 18.6 Å². The number of hydrogen-bond donors (Lipinski definition) is 1. The minimum Gasteiger partial charge on any atom is -0.377 e. The van der Waals surface area contributed by atoms with Crippen LogP contribution in [0.2, 0.25) is 0 Å². The monoisotopic (exact) mass is 435 g/mol. The summed E-state index contributed by atoms with van der Waals surface area (Å²) in [5.41, 5.74) is 3.49. The van der Waals surface area contributed by atoms with Crippen LogP contribution in [-0.4, -0.2) is 66.9 Å². The van der Waals surface area contributed by atoms with Crippen LogP contribution >= 0.6 is 12.4 Å². The maximum Gasteiger partial charge on any atom is 0.122 e. The second-order valence-electron chi connectivity index (χ2n) is 10.7. The van der Waals surface area contributed by atoms with Crippen molar-refractivity contribution in [2.75, 3.05) is 44.7 Å². The van der Waals surface area contributed by atoms with Crippen LogP contribution in [0, 0.1) is 11.3 Å². The van der Waals surface area contributed by atoms with Crippen molar-refractivity contribution in [3.05, 3.63) is 29.8 Å². The van der Waals surface area contributed by atoms with E-state index in [1.165, 1.54) is 31.4 Å². The Morgan fingerprint density at radius 1 is 0.867 bits per heavy atom. The predicted molar refractivity (Wildman–Crippen MR) is 129 cm³/mol. The lowest BCUT2D eigenvalue weighted by atomic mass is 9.68. The highest BCUT2D eigenvalue weighted by atomic mass is 35.5. The second kappa shape index (κ2) is 9.77. The summed E-state index contributed by atoms with van der Waals surface area (Å²) in [5, 5.41) is 10.5. The van der Waals surface area contributed by atoms with E-state index >= 15 is 0 Å². The number of nitrogens with zero attached hydrogens (tertiary/aromatic N) is 3. The van der Waals surface area contributed by atoms with Gasteiger partial charge in [-0.2, -0.15) is 0 Å². The fourth-order valence-electron chi connectivity index (χ4n) is 5.97. The summed E-state index contributed by atoms with van der Waals surface area (Å²) in [5.74, 6) is 1.58. The van der Waals surface area contributed by atoms with Crippen LogP contribution in [0.5, 0.6) is 0 Å². The molecule has 2 aliphatic heterocycles. The average molecular weight is 436 g/mol. The fourth-order valence-corrected chi connectivity index (χ4v) is 5.97. The standard InChI is InChI=1S/C25H41N3O.ClH/c1-25(2,3)20-11-9-19(10-12-20)21-7-5-6-8-22(21)27-15-17-28(18-16-27)23-13-14-26(4)24(23)29;/h5-8,19-20,23-24,29H,9-18H2,1-4H3;1H. The number of halogens is 1. The molecule has 0 radical (unpaired) electrons.